The van der Waals surface area contributed by atoms with E-state index in [4.69, 9.17) is 4.74 Å². The van der Waals surface area contributed by atoms with Crippen LogP contribution in [0.5, 0.6) is 5.75 Å². The van der Waals surface area contributed by atoms with Crippen molar-refractivity contribution in [2.24, 2.45) is 0 Å². The summed E-state index contributed by atoms with van der Waals surface area (Å²) in [5.74, 6) is -0.960. The normalized spacial score (nSPS) is 10.8. The third kappa shape index (κ3) is 5.39. The molecule has 3 aromatic rings. The van der Waals surface area contributed by atoms with E-state index in [1.807, 2.05) is 0 Å². The number of benzene rings is 2. The molecule has 0 atom stereocenters. The summed E-state index contributed by atoms with van der Waals surface area (Å²) in [4.78, 5) is 34.3. The van der Waals surface area contributed by atoms with Crippen LogP contribution < -0.4 is 20.3 Å². The van der Waals surface area contributed by atoms with Gasteiger partial charge in [-0.3, -0.25) is 35.3 Å². The van der Waals surface area contributed by atoms with Gasteiger partial charge in [0.2, 0.25) is 0 Å². The van der Waals surface area contributed by atoms with Crippen molar-refractivity contribution in [3.63, 3.8) is 0 Å². The number of sulfonamides is 1. The molecule has 2 aromatic carbocycles. The standard InChI is InChI=1S/C19H16N4O7S2/c1-30-14-7-5-13(6-8-14)22-32(28,29)15-4-2-3-12(11-15)18(24)20-21-19(25)16-9-10-17(31-16)23(26)27/h2-11,22H,1H3,(H,20,24)(H,21,25). The number of nitrogens with zero attached hydrogens (tertiary/aromatic N) is 1. The number of amides is 2. The van der Waals surface area contributed by atoms with Crippen molar-refractivity contribution in [3.05, 3.63) is 81.2 Å². The molecule has 0 aliphatic carbocycles. The number of methoxy groups -OCH3 is 1. The van der Waals surface area contributed by atoms with Crippen molar-refractivity contribution in [3.8, 4) is 5.75 Å². The Balaban J connectivity index is 1.67. The summed E-state index contributed by atoms with van der Waals surface area (Å²) in [6, 6.07) is 13.9. The molecule has 32 heavy (non-hydrogen) atoms. The third-order valence-corrected chi connectivity index (χ3v) is 6.45. The summed E-state index contributed by atoms with van der Waals surface area (Å²) in [7, 11) is -2.50. The summed E-state index contributed by atoms with van der Waals surface area (Å²) in [6.45, 7) is 0. The molecule has 0 spiro atoms. The fourth-order valence-electron chi connectivity index (χ4n) is 2.47. The lowest BCUT2D eigenvalue weighted by molar-refractivity contribution is -0.380. The number of thiophene rings is 1. The number of ether oxygens (including phenoxy) is 1. The molecule has 0 aliphatic heterocycles. The van der Waals surface area contributed by atoms with E-state index in [1.54, 1.807) is 12.1 Å². The van der Waals surface area contributed by atoms with E-state index in [9.17, 15) is 28.1 Å². The van der Waals surface area contributed by atoms with E-state index in [1.165, 1.54) is 49.6 Å². The lowest BCUT2D eigenvalue weighted by Gasteiger charge is -2.10. The number of carbonyl (C=O) groups excluding carboxylic acids is 2. The van der Waals surface area contributed by atoms with Crippen molar-refractivity contribution in [1.82, 2.24) is 10.9 Å². The fraction of sp³-hybridized carbons (Fsp3) is 0.0526. The third-order valence-electron chi connectivity index (χ3n) is 4.03. The molecule has 3 N–H and O–H groups in total. The van der Waals surface area contributed by atoms with Crippen molar-refractivity contribution < 1.29 is 27.7 Å². The molecule has 0 saturated heterocycles. The maximum atomic E-state index is 12.6. The van der Waals surface area contributed by atoms with Gasteiger partial charge in [0.15, 0.2) is 0 Å². The smallest absolute Gasteiger partial charge is 0.324 e. The molecular formula is C19H16N4O7S2. The van der Waals surface area contributed by atoms with Crippen LogP contribution in [0.25, 0.3) is 0 Å². The van der Waals surface area contributed by atoms with Crippen LogP contribution in [0.2, 0.25) is 0 Å². The predicted molar refractivity (Wildman–Crippen MR) is 116 cm³/mol. The number of hydrazine groups is 1. The largest absolute Gasteiger partial charge is 0.497 e. The Labute approximate surface area is 186 Å². The van der Waals surface area contributed by atoms with Crippen LogP contribution in [-0.2, 0) is 10.0 Å². The Bertz CT molecular complexity index is 1270. The number of anilines is 1. The van der Waals surface area contributed by atoms with Crippen LogP contribution >= 0.6 is 11.3 Å². The summed E-state index contributed by atoms with van der Waals surface area (Å²) in [5.41, 5.74) is 4.55. The molecule has 1 aromatic heterocycles. The minimum atomic E-state index is -3.99. The summed E-state index contributed by atoms with van der Waals surface area (Å²) in [6.07, 6.45) is 0. The minimum Gasteiger partial charge on any atom is -0.497 e. The van der Waals surface area contributed by atoms with Crippen LogP contribution in [0, 0.1) is 10.1 Å². The van der Waals surface area contributed by atoms with E-state index < -0.39 is 26.8 Å². The zero-order valence-electron chi connectivity index (χ0n) is 16.4. The van der Waals surface area contributed by atoms with Gasteiger partial charge >= 0.3 is 5.00 Å². The van der Waals surface area contributed by atoms with Gasteiger partial charge in [0.25, 0.3) is 21.8 Å². The van der Waals surface area contributed by atoms with Gasteiger partial charge in [0.1, 0.15) is 10.6 Å². The number of hydrogen-bond donors (Lipinski definition) is 3. The Morgan fingerprint density at radius 2 is 1.69 bits per heavy atom. The molecular weight excluding hydrogens is 460 g/mol. The van der Waals surface area contributed by atoms with Crippen LogP contribution in [0.15, 0.2) is 65.6 Å². The Morgan fingerprint density at radius 3 is 2.31 bits per heavy atom. The van der Waals surface area contributed by atoms with E-state index >= 15 is 0 Å². The molecule has 0 radical (unpaired) electrons. The lowest BCUT2D eigenvalue weighted by Crippen LogP contribution is -2.41. The van der Waals surface area contributed by atoms with Gasteiger partial charge in [-0.2, -0.15) is 0 Å². The first-order valence-corrected chi connectivity index (χ1v) is 11.1. The van der Waals surface area contributed by atoms with E-state index in [0.717, 1.165) is 6.07 Å². The van der Waals surface area contributed by atoms with Gasteiger partial charge in [-0.25, -0.2) is 8.42 Å². The number of rotatable bonds is 7. The minimum absolute atomic E-state index is 0.0250. The van der Waals surface area contributed by atoms with Gasteiger partial charge in [0, 0.05) is 17.3 Å². The summed E-state index contributed by atoms with van der Waals surface area (Å²) >= 11 is 0.648. The first-order valence-electron chi connectivity index (χ1n) is 8.81. The first kappa shape index (κ1) is 22.7. The molecule has 0 fully saturated rings. The molecule has 2 amide bonds. The zero-order valence-corrected chi connectivity index (χ0v) is 18.0. The van der Waals surface area contributed by atoms with Gasteiger partial charge in [-0.1, -0.05) is 17.4 Å². The number of carbonyl (C=O) groups is 2. The van der Waals surface area contributed by atoms with Crippen LogP contribution in [-0.4, -0.2) is 32.3 Å². The fourth-order valence-corrected chi connectivity index (χ4v) is 4.29. The van der Waals surface area contributed by atoms with Crippen molar-refractivity contribution in [1.29, 1.82) is 0 Å². The summed E-state index contributed by atoms with van der Waals surface area (Å²) < 4.78 is 32.7. The number of hydrogen-bond acceptors (Lipinski definition) is 8. The predicted octanol–water partition coefficient (Wildman–Crippen LogP) is 2.54. The monoisotopic (exact) mass is 476 g/mol. The first-order chi connectivity index (χ1) is 15.2. The summed E-state index contributed by atoms with van der Waals surface area (Å²) in [5, 5.41) is 10.5. The van der Waals surface area contributed by atoms with Crippen LogP contribution in [0.4, 0.5) is 10.7 Å². The molecule has 166 valence electrons. The Kier molecular flexibility index (Phi) is 6.70. The van der Waals surface area contributed by atoms with Crippen molar-refractivity contribution >= 4 is 43.9 Å². The molecule has 0 unspecified atom stereocenters. The maximum Gasteiger partial charge on any atom is 0.324 e. The van der Waals surface area contributed by atoms with E-state index in [2.05, 4.69) is 15.6 Å². The van der Waals surface area contributed by atoms with Crippen molar-refractivity contribution in [2.45, 2.75) is 4.90 Å². The lowest BCUT2D eigenvalue weighted by atomic mass is 10.2. The van der Waals surface area contributed by atoms with Crippen molar-refractivity contribution in [2.75, 3.05) is 11.8 Å². The quantitative estimate of drug-likeness (QED) is 0.349. The average molecular weight is 476 g/mol. The topological polar surface area (TPSA) is 157 Å². The molecule has 11 nitrogen and oxygen atoms in total. The van der Waals surface area contributed by atoms with E-state index in [0.29, 0.717) is 22.8 Å². The molecule has 13 heteroatoms. The SMILES string of the molecule is COc1ccc(NS(=O)(=O)c2cccc(C(=O)NNC(=O)c3ccc([N+](=O)[O-])s3)c2)cc1. The second kappa shape index (κ2) is 9.45. The van der Waals surface area contributed by atoms with Crippen LogP contribution in [0.1, 0.15) is 20.0 Å². The van der Waals surface area contributed by atoms with Gasteiger partial charge in [-0.05, 0) is 48.5 Å². The second-order valence-corrected chi connectivity index (χ2v) is 8.91. The molecule has 0 bridgehead atoms. The Hall–Kier alpha value is -3.97. The molecule has 3 rings (SSSR count). The van der Waals surface area contributed by atoms with Gasteiger partial charge in [0.05, 0.1) is 16.9 Å². The number of nitro groups is 1. The number of nitrogens with one attached hydrogen (secondary N) is 3. The van der Waals surface area contributed by atoms with E-state index in [-0.39, 0.29) is 20.3 Å². The molecule has 1 heterocycles. The second-order valence-electron chi connectivity index (χ2n) is 6.17. The highest BCUT2D eigenvalue weighted by atomic mass is 32.2. The van der Waals surface area contributed by atoms with Gasteiger partial charge < -0.3 is 4.74 Å². The molecule has 0 saturated carbocycles. The Morgan fingerprint density at radius 1 is 1.00 bits per heavy atom. The van der Waals surface area contributed by atoms with Crippen LogP contribution in [0.3, 0.4) is 0 Å². The highest BCUT2D eigenvalue weighted by molar-refractivity contribution is 7.92. The van der Waals surface area contributed by atoms with Gasteiger partial charge in [-0.15, -0.1) is 0 Å². The maximum absolute atomic E-state index is 12.6. The molecule has 0 aliphatic rings. The average Bonchev–Trinajstić information content (AvgIpc) is 3.28. The highest BCUT2D eigenvalue weighted by Gasteiger charge is 2.18. The highest BCUT2D eigenvalue weighted by Crippen LogP contribution is 2.23. The zero-order chi connectivity index (χ0) is 23.3.